The average Bonchev–Trinajstić information content (AvgIpc) is 1.88. The van der Waals surface area contributed by atoms with Crippen molar-refractivity contribution in [3.63, 3.8) is 0 Å². The van der Waals surface area contributed by atoms with E-state index in [2.05, 4.69) is 13.2 Å². The summed E-state index contributed by atoms with van der Waals surface area (Å²) in [6, 6.07) is 0. The molecule has 0 heterocycles. The summed E-state index contributed by atoms with van der Waals surface area (Å²) >= 11 is -2.86. The topological polar surface area (TPSA) is 69.6 Å². The number of ether oxygens (including phenoxy) is 1. The number of rotatable bonds is 4. The lowest BCUT2D eigenvalue weighted by Gasteiger charge is -1.89. The fraction of sp³-hybridized carbons (Fsp3) is 0.333. The van der Waals surface area contributed by atoms with Gasteiger partial charge in [-0.1, -0.05) is 12.2 Å². The maximum atomic E-state index is 8.56. The van der Waals surface area contributed by atoms with Gasteiger partial charge in [-0.3, -0.25) is 0 Å². The van der Waals surface area contributed by atoms with Gasteiger partial charge in [-0.2, -0.15) is 0 Å². The van der Waals surface area contributed by atoms with Crippen LogP contribution in [0.3, 0.4) is 0 Å². The van der Waals surface area contributed by atoms with Crippen LogP contribution in [0.5, 0.6) is 0 Å². The molecular formula is C6H11O4S-. The Hall–Kier alpha value is -0.490. The second-order valence-electron chi connectivity index (χ2n) is 1.33. The molecule has 0 aromatic carbocycles. The molecular weight excluding hydrogens is 168 g/mol. The first-order chi connectivity index (χ1) is 5.15. The van der Waals surface area contributed by atoms with Gasteiger partial charge in [-0.25, -0.2) is 4.21 Å². The van der Waals surface area contributed by atoms with E-state index in [0.29, 0.717) is 13.2 Å². The van der Waals surface area contributed by atoms with Crippen LogP contribution in [0.1, 0.15) is 0 Å². The molecule has 0 rings (SSSR count). The van der Waals surface area contributed by atoms with Crippen molar-refractivity contribution in [2.45, 2.75) is 0 Å². The van der Waals surface area contributed by atoms with Crippen molar-refractivity contribution in [3.05, 3.63) is 25.3 Å². The lowest BCUT2D eigenvalue weighted by Crippen LogP contribution is -1.87. The Kier molecular flexibility index (Phi) is 14.6. The van der Waals surface area contributed by atoms with Crippen LogP contribution in [0.15, 0.2) is 25.3 Å². The van der Waals surface area contributed by atoms with Crippen LogP contribution in [0.4, 0.5) is 0 Å². The maximum absolute atomic E-state index is 8.56. The molecule has 4 nitrogen and oxygen atoms in total. The first kappa shape index (κ1) is 13.1. The van der Waals surface area contributed by atoms with Crippen molar-refractivity contribution in [1.82, 2.24) is 0 Å². The third kappa shape index (κ3) is 43.5. The molecule has 0 saturated heterocycles. The van der Waals surface area contributed by atoms with Crippen LogP contribution in [-0.4, -0.2) is 26.5 Å². The SMILES string of the molecule is C=CCOCC=C.O=S([O-])O. The minimum Gasteiger partial charge on any atom is -0.750 e. The van der Waals surface area contributed by atoms with Gasteiger partial charge in [0.15, 0.2) is 0 Å². The van der Waals surface area contributed by atoms with Crippen LogP contribution in [-0.2, 0) is 16.1 Å². The third-order valence-corrected chi connectivity index (χ3v) is 0.471. The molecule has 0 aliphatic heterocycles. The van der Waals surface area contributed by atoms with E-state index in [1.807, 2.05) is 0 Å². The largest absolute Gasteiger partial charge is 0.750 e. The molecule has 1 N–H and O–H groups in total. The Labute approximate surface area is 68.7 Å². The van der Waals surface area contributed by atoms with Crippen molar-refractivity contribution < 1.29 is 18.1 Å². The van der Waals surface area contributed by atoms with Gasteiger partial charge >= 0.3 is 0 Å². The van der Waals surface area contributed by atoms with Gasteiger partial charge in [0, 0.05) is 0 Å². The molecule has 66 valence electrons. The quantitative estimate of drug-likeness (QED) is 0.392. The highest BCUT2D eigenvalue weighted by Crippen LogP contribution is 1.72. The van der Waals surface area contributed by atoms with E-state index in [1.54, 1.807) is 12.2 Å². The van der Waals surface area contributed by atoms with Gasteiger partial charge < -0.3 is 13.8 Å². The highest BCUT2D eigenvalue weighted by molar-refractivity contribution is 7.73. The molecule has 0 bridgehead atoms. The predicted octanol–water partition coefficient (Wildman–Crippen LogP) is 0.714. The molecule has 0 spiro atoms. The fourth-order valence-corrected chi connectivity index (χ4v) is 0.235. The normalized spacial score (nSPS) is 10.7. The van der Waals surface area contributed by atoms with Crippen LogP contribution in [0, 0.1) is 0 Å². The second-order valence-corrected chi connectivity index (χ2v) is 1.77. The summed E-state index contributed by atoms with van der Waals surface area (Å²) in [4.78, 5) is 0. The summed E-state index contributed by atoms with van der Waals surface area (Å²) < 4.78 is 29.0. The molecule has 0 aliphatic carbocycles. The van der Waals surface area contributed by atoms with E-state index in [-0.39, 0.29) is 0 Å². The summed E-state index contributed by atoms with van der Waals surface area (Å²) in [7, 11) is 0. The zero-order valence-corrected chi connectivity index (χ0v) is 6.88. The van der Waals surface area contributed by atoms with Crippen molar-refractivity contribution in [2.75, 3.05) is 13.2 Å². The molecule has 0 aromatic rings. The van der Waals surface area contributed by atoms with Gasteiger partial charge in [0.1, 0.15) is 0 Å². The standard InChI is InChI=1S/C6H10O.H2O3S/c1-3-5-7-6-4-2;1-4(2)3/h3-4H,1-2,5-6H2;(H2,1,2,3)/p-1. The predicted molar refractivity (Wildman–Crippen MR) is 42.8 cm³/mol. The fourth-order valence-electron chi connectivity index (χ4n) is 0.235. The summed E-state index contributed by atoms with van der Waals surface area (Å²) in [6.45, 7) is 8.18. The van der Waals surface area contributed by atoms with Crippen LogP contribution < -0.4 is 0 Å². The molecule has 1 unspecified atom stereocenters. The van der Waals surface area contributed by atoms with Gasteiger partial charge in [-0.15, -0.1) is 13.2 Å². The van der Waals surface area contributed by atoms with Crippen LogP contribution in [0.2, 0.25) is 0 Å². The van der Waals surface area contributed by atoms with E-state index in [9.17, 15) is 0 Å². The Morgan fingerprint density at radius 2 is 1.73 bits per heavy atom. The Balaban J connectivity index is 0. The molecule has 0 fully saturated rings. The third-order valence-electron chi connectivity index (χ3n) is 0.471. The molecule has 0 radical (unpaired) electrons. The van der Waals surface area contributed by atoms with Gasteiger partial charge in [-0.05, 0) is 0 Å². The van der Waals surface area contributed by atoms with Crippen molar-refractivity contribution in [2.24, 2.45) is 0 Å². The molecule has 1 atom stereocenters. The van der Waals surface area contributed by atoms with Crippen LogP contribution >= 0.6 is 0 Å². The monoisotopic (exact) mass is 179 g/mol. The summed E-state index contributed by atoms with van der Waals surface area (Å²) in [5.74, 6) is 0. The molecule has 0 amide bonds. The Bertz CT molecular complexity index is 112. The van der Waals surface area contributed by atoms with E-state index < -0.39 is 11.4 Å². The Morgan fingerprint density at radius 3 is 1.91 bits per heavy atom. The van der Waals surface area contributed by atoms with Crippen molar-refractivity contribution >= 4 is 11.4 Å². The lowest BCUT2D eigenvalue weighted by molar-refractivity contribution is 0.194. The first-order valence-electron chi connectivity index (χ1n) is 2.73. The summed E-state index contributed by atoms with van der Waals surface area (Å²) in [5.41, 5.74) is 0. The van der Waals surface area contributed by atoms with E-state index in [4.69, 9.17) is 18.1 Å². The zero-order chi connectivity index (χ0) is 9.11. The van der Waals surface area contributed by atoms with Gasteiger partial charge in [0.2, 0.25) is 0 Å². The summed E-state index contributed by atoms with van der Waals surface area (Å²) in [5, 5.41) is 0. The molecule has 11 heavy (non-hydrogen) atoms. The van der Waals surface area contributed by atoms with Gasteiger partial charge in [0.25, 0.3) is 0 Å². The zero-order valence-electron chi connectivity index (χ0n) is 6.06. The van der Waals surface area contributed by atoms with E-state index in [0.717, 1.165) is 0 Å². The van der Waals surface area contributed by atoms with Crippen molar-refractivity contribution in [1.29, 1.82) is 0 Å². The maximum Gasteiger partial charge on any atom is 0.0814 e. The van der Waals surface area contributed by atoms with E-state index >= 15 is 0 Å². The minimum absolute atomic E-state index is 0.617. The summed E-state index contributed by atoms with van der Waals surface area (Å²) in [6.07, 6.45) is 3.42. The van der Waals surface area contributed by atoms with E-state index in [1.165, 1.54) is 0 Å². The molecule has 5 heteroatoms. The average molecular weight is 179 g/mol. The molecule has 0 aromatic heterocycles. The van der Waals surface area contributed by atoms with Crippen molar-refractivity contribution in [3.8, 4) is 0 Å². The molecule has 0 saturated carbocycles. The van der Waals surface area contributed by atoms with Gasteiger partial charge in [0.05, 0.1) is 24.6 Å². The smallest absolute Gasteiger partial charge is 0.0814 e. The molecule has 0 aliphatic rings. The lowest BCUT2D eigenvalue weighted by atomic mass is 10.6. The first-order valence-corrected chi connectivity index (χ1v) is 3.76. The van der Waals surface area contributed by atoms with Crippen LogP contribution in [0.25, 0.3) is 0 Å². The second kappa shape index (κ2) is 12.2. The highest BCUT2D eigenvalue weighted by atomic mass is 32.2. The number of hydrogen-bond donors (Lipinski definition) is 1. The highest BCUT2D eigenvalue weighted by Gasteiger charge is 1.70. The number of hydrogen-bond acceptors (Lipinski definition) is 3. The Morgan fingerprint density at radius 1 is 1.45 bits per heavy atom. The minimum atomic E-state index is -2.86.